The fraction of sp³-hybridized carbons (Fsp3) is 0.409. The number of aliphatic hydroxyl groups excluding tert-OH is 1. The molecule has 2 heterocycles. The number of nitrogens with one attached hydrogen (secondary N) is 2. The van der Waals surface area contributed by atoms with Gasteiger partial charge in [-0.3, -0.25) is 0 Å². The van der Waals surface area contributed by atoms with Crippen molar-refractivity contribution in [3.05, 3.63) is 53.2 Å². The minimum atomic E-state index is -1.11. The minimum absolute atomic E-state index is 0.0277. The highest BCUT2D eigenvalue weighted by molar-refractivity contribution is 5.96. The van der Waals surface area contributed by atoms with Crippen molar-refractivity contribution in [1.82, 2.24) is 10.3 Å². The fourth-order valence-electron chi connectivity index (χ4n) is 3.29. The van der Waals surface area contributed by atoms with E-state index in [-0.39, 0.29) is 22.8 Å². The molecule has 5 N–H and O–H groups in total. The van der Waals surface area contributed by atoms with E-state index >= 15 is 0 Å². The van der Waals surface area contributed by atoms with E-state index in [4.69, 9.17) is 10.2 Å². The van der Waals surface area contributed by atoms with Crippen LogP contribution < -0.4 is 15.5 Å². The molecule has 9 heteroatoms. The Morgan fingerprint density at radius 3 is 2.39 bits per heavy atom. The number of aromatic nitrogens is 1. The van der Waals surface area contributed by atoms with Crippen LogP contribution in [-0.4, -0.2) is 71.1 Å². The zero-order chi connectivity index (χ0) is 23.0. The Balaban J connectivity index is 0.000000233. The van der Waals surface area contributed by atoms with E-state index in [1.807, 2.05) is 25.4 Å². The van der Waals surface area contributed by atoms with E-state index < -0.39 is 11.9 Å². The first-order chi connectivity index (χ1) is 14.7. The van der Waals surface area contributed by atoms with Crippen molar-refractivity contribution in [2.24, 2.45) is 0 Å². The van der Waals surface area contributed by atoms with E-state index in [9.17, 15) is 14.7 Å². The Kier molecular flexibility index (Phi) is 8.77. The van der Waals surface area contributed by atoms with Crippen molar-refractivity contribution < 1.29 is 24.9 Å². The van der Waals surface area contributed by atoms with Crippen LogP contribution in [0, 0.1) is 6.92 Å². The Bertz CT molecular complexity index is 871. The summed E-state index contributed by atoms with van der Waals surface area (Å²) in [6.45, 7) is 5.87. The van der Waals surface area contributed by atoms with Crippen LogP contribution >= 0.6 is 0 Å². The van der Waals surface area contributed by atoms with E-state index in [0.29, 0.717) is 12.6 Å². The van der Waals surface area contributed by atoms with Gasteiger partial charge >= 0.3 is 11.9 Å². The lowest BCUT2D eigenvalue weighted by Crippen LogP contribution is -2.29. The number of rotatable bonds is 7. The van der Waals surface area contributed by atoms with Crippen molar-refractivity contribution in [3.8, 4) is 0 Å². The van der Waals surface area contributed by atoms with Crippen LogP contribution in [-0.2, 0) is 0 Å². The minimum Gasteiger partial charge on any atom is -0.478 e. The standard InChI is InChI=1S/C13H22N4O.C9H8O4/c1-10(18)8-16-13-7-12(3-5-15-13)17-6-4-11(9-17)14-2;1-5-6(8(10)11)3-2-4-7(5)9(12)13/h3,5,7,10-11,14,18H,4,6,8-9H2,1-2H3,(H,15,16);2-4H,1H3,(H,10,11)(H,12,13)/t10?,11-;/m1./s1. The highest BCUT2D eigenvalue weighted by Crippen LogP contribution is 2.22. The maximum absolute atomic E-state index is 10.6. The summed E-state index contributed by atoms with van der Waals surface area (Å²) in [4.78, 5) is 27.8. The zero-order valence-electron chi connectivity index (χ0n) is 18.0. The molecule has 0 spiro atoms. The van der Waals surface area contributed by atoms with Gasteiger partial charge < -0.3 is 30.9 Å². The van der Waals surface area contributed by atoms with Crippen molar-refractivity contribution in [3.63, 3.8) is 0 Å². The topological polar surface area (TPSA) is 135 Å². The zero-order valence-corrected chi connectivity index (χ0v) is 18.0. The largest absolute Gasteiger partial charge is 0.478 e. The molecule has 1 unspecified atom stereocenters. The molecule has 1 aromatic carbocycles. The normalized spacial score (nSPS) is 16.3. The lowest BCUT2D eigenvalue weighted by molar-refractivity contribution is 0.0696. The van der Waals surface area contributed by atoms with Gasteiger partial charge in [0.05, 0.1) is 17.2 Å². The summed E-state index contributed by atoms with van der Waals surface area (Å²) in [6, 6.07) is 8.83. The second kappa shape index (κ2) is 11.3. The lowest BCUT2D eigenvalue weighted by Gasteiger charge is -2.19. The van der Waals surface area contributed by atoms with Gasteiger partial charge in [0.25, 0.3) is 0 Å². The van der Waals surface area contributed by atoms with Gasteiger partial charge in [-0.1, -0.05) is 6.07 Å². The molecule has 0 radical (unpaired) electrons. The fourth-order valence-corrected chi connectivity index (χ4v) is 3.29. The third-order valence-electron chi connectivity index (χ3n) is 5.08. The number of carbonyl (C=O) groups is 2. The Labute approximate surface area is 181 Å². The van der Waals surface area contributed by atoms with Crippen molar-refractivity contribution in [2.45, 2.75) is 32.4 Å². The number of hydrogen-bond donors (Lipinski definition) is 5. The van der Waals surface area contributed by atoms with Crippen LogP contribution in [0.4, 0.5) is 11.5 Å². The lowest BCUT2D eigenvalue weighted by atomic mass is 10.0. The number of benzene rings is 1. The predicted molar refractivity (Wildman–Crippen MR) is 119 cm³/mol. The molecular weight excluding hydrogens is 400 g/mol. The molecule has 168 valence electrons. The number of hydrogen-bond acceptors (Lipinski definition) is 7. The summed E-state index contributed by atoms with van der Waals surface area (Å²) in [7, 11) is 2.01. The van der Waals surface area contributed by atoms with Gasteiger partial charge in [-0.15, -0.1) is 0 Å². The molecule has 0 saturated carbocycles. The average molecular weight is 431 g/mol. The van der Waals surface area contributed by atoms with Gasteiger partial charge in [0.1, 0.15) is 5.82 Å². The van der Waals surface area contributed by atoms with Crippen molar-refractivity contribution in [2.75, 3.05) is 36.9 Å². The van der Waals surface area contributed by atoms with Gasteiger partial charge in [0, 0.05) is 43.6 Å². The third kappa shape index (κ3) is 6.94. The Hall–Kier alpha value is -3.17. The molecule has 1 aliphatic heterocycles. The highest BCUT2D eigenvalue weighted by Gasteiger charge is 2.21. The van der Waals surface area contributed by atoms with Gasteiger partial charge in [0.2, 0.25) is 0 Å². The molecule has 0 aliphatic carbocycles. The summed E-state index contributed by atoms with van der Waals surface area (Å²) in [5.41, 5.74) is 1.53. The van der Waals surface area contributed by atoms with Crippen LogP contribution in [0.1, 0.15) is 39.6 Å². The number of anilines is 2. The molecule has 9 nitrogen and oxygen atoms in total. The van der Waals surface area contributed by atoms with Crippen LogP contribution in [0.15, 0.2) is 36.5 Å². The quantitative estimate of drug-likeness (QED) is 0.447. The van der Waals surface area contributed by atoms with Gasteiger partial charge in [-0.05, 0) is 51.1 Å². The second-order valence-electron chi connectivity index (χ2n) is 7.44. The molecular formula is C22H30N4O5. The first-order valence-electron chi connectivity index (χ1n) is 10.1. The maximum Gasteiger partial charge on any atom is 0.335 e. The SMILES string of the molecule is CN[C@@H]1CCN(c2ccnc(NCC(C)O)c2)C1.Cc1c(C(=O)O)cccc1C(=O)O. The maximum atomic E-state index is 10.6. The molecule has 31 heavy (non-hydrogen) atoms. The first-order valence-corrected chi connectivity index (χ1v) is 10.1. The monoisotopic (exact) mass is 430 g/mol. The molecule has 2 atom stereocenters. The molecule has 1 aliphatic rings. The van der Waals surface area contributed by atoms with Crippen LogP contribution in [0.25, 0.3) is 0 Å². The van der Waals surface area contributed by atoms with Gasteiger partial charge in [-0.25, -0.2) is 14.6 Å². The molecule has 0 amide bonds. The van der Waals surface area contributed by atoms with Gasteiger partial charge in [-0.2, -0.15) is 0 Å². The summed E-state index contributed by atoms with van der Waals surface area (Å²) in [5.74, 6) is -1.40. The summed E-state index contributed by atoms with van der Waals surface area (Å²) < 4.78 is 0. The van der Waals surface area contributed by atoms with Crippen LogP contribution in [0.3, 0.4) is 0 Å². The number of carboxylic acid groups (broad SMARTS) is 2. The molecule has 1 fully saturated rings. The molecule has 3 rings (SSSR count). The summed E-state index contributed by atoms with van der Waals surface area (Å²) in [5, 5.41) is 33.1. The van der Waals surface area contributed by atoms with E-state index in [0.717, 1.165) is 18.9 Å². The van der Waals surface area contributed by atoms with Gasteiger partial charge in [0.15, 0.2) is 0 Å². The summed E-state index contributed by atoms with van der Waals surface area (Å²) in [6.07, 6.45) is 2.62. The summed E-state index contributed by atoms with van der Waals surface area (Å²) >= 11 is 0. The van der Waals surface area contributed by atoms with Crippen molar-refractivity contribution >= 4 is 23.4 Å². The Morgan fingerprint density at radius 2 is 1.87 bits per heavy atom. The molecule has 1 aromatic heterocycles. The smallest absolute Gasteiger partial charge is 0.335 e. The average Bonchev–Trinajstić information content (AvgIpc) is 3.22. The Morgan fingerprint density at radius 1 is 1.23 bits per heavy atom. The number of likely N-dealkylation sites (N-methyl/N-ethyl adjacent to an activating group) is 1. The number of pyridine rings is 1. The van der Waals surface area contributed by atoms with E-state index in [1.165, 1.54) is 37.2 Å². The van der Waals surface area contributed by atoms with Crippen molar-refractivity contribution in [1.29, 1.82) is 0 Å². The first kappa shape index (κ1) is 24.1. The van der Waals surface area contributed by atoms with Crippen LogP contribution in [0.2, 0.25) is 0 Å². The molecule has 0 bridgehead atoms. The molecule has 2 aromatic rings. The number of aromatic carboxylic acids is 2. The third-order valence-corrected chi connectivity index (χ3v) is 5.08. The predicted octanol–water partition coefficient (Wildman–Crippen LogP) is 2.06. The second-order valence-corrected chi connectivity index (χ2v) is 7.44. The van der Waals surface area contributed by atoms with E-state index in [1.54, 1.807) is 6.92 Å². The van der Waals surface area contributed by atoms with Crippen LogP contribution in [0.5, 0.6) is 0 Å². The van der Waals surface area contributed by atoms with E-state index in [2.05, 4.69) is 20.5 Å². The molecule has 1 saturated heterocycles. The number of aliphatic hydroxyl groups is 1. The number of carboxylic acids is 2. The highest BCUT2D eigenvalue weighted by atomic mass is 16.4. The number of nitrogens with zero attached hydrogens (tertiary/aromatic N) is 2.